The fraction of sp³-hybridized carbons (Fsp3) is 0.571. The van der Waals surface area contributed by atoms with Crippen molar-refractivity contribution in [2.45, 2.75) is 18.9 Å². The van der Waals surface area contributed by atoms with Gasteiger partial charge in [-0.2, -0.15) is 0 Å². The second kappa shape index (κ2) is 6.10. The van der Waals surface area contributed by atoms with Crippen LogP contribution in [0.5, 0.6) is 0 Å². The minimum absolute atomic E-state index is 0.0485. The van der Waals surface area contributed by atoms with E-state index in [1.807, 2.05) is 23.2 Å². The summed E-state index contributed by atoms with van der Waals surface area (Å²) in [7, 11) is 0. The first kappa shape index (κ1) is 13.8. The SMILES string of the molecule is O=C([C@@H]1CCCN1)N1CCN(c2ccc(Br)cn2)CC1. The van der Waals surface area contributed by atoms with E-state index in [9.17, 15) is 4.79 Å². The van der Waals surface area contributed by atoms with Gasteiger partial charge in [0, 0.05) is 36.8 Å². The first-order valence-corrected chi connectivity index (χ1v) is 7.92. The van der Waals surface area contributed by atoms with Gasteiger partial charge in [-0.05, 0) is 47.4 Å². The zero-order valence-corrected chi connectivity index (χ0v) is 13.0. The predicted octanol–water partition coefficient (Wildman–Crippen LogP) is 1.24. The molecular weight excluding hydrogens is 320 g/mol. The van der Waals surface area contributed by atoms with Crippen molar-refractivity contribution in [2.24, 2.45) is 0 Å². The molecule has 1 amide bonds. The Hall–Kier alpha value is -1.14. The second-order valence-electron chi connectivity index (χ2n) is 5.30. The molecule has 3 rings (SSSR count). The fourth-order valence-electron chi connectivity index (χ4n) is 2.83. The minimum Gasteiger partial charge on any atom is -0.353 e. The quantitative estimate of drug-likeness (QED) is 0.881. The molecule has 0 unspecified atom stereocenters. The highest BCUT2D eigenvalue weighted by molar-refractivity contribution is 9.10. The Bertz CT molecular complexity index is 465. The lowest BCUT2D eigenvalue weighted by Crippen LogP contribution is -2.53. The number of rotatable bonds is 2. The number of carbonyl (C=O) groups is 1. The normalized spacial score (nSPS) is 23.1. The van der Waals surface area contributed by atoms with Crippen molar-refractivity contribution in [3.8, 4) is 0 Å². The molecular formula is C14H19BrN4O. The standard InChI is InChI=1S/C14H19BrN4O/c15-11-3-4-13(17-10-11)18-6-8-19(9-7-18)14(20)12-2-1-5-16-12/h3-4,10,12,16H,1-2,5-9H2/t12-/m0/s1. The molecule has 2 fully saturated rings. The number of hydrogen-bond acceptors (Lipinski definition) is 4. The lowest BCUT2D eigenvalue weighted by Gasteiger charge is -2.36. The summed E-state index contributed by atoms with van der Waals surface area (Å²) in [6, 6.07) is 4.06. The Labute approximate surface area is 127 Å². The summed E-state index contributed by atoms with van der Waals surface area (Å²) < 4.78 is 0.988. The third-order valence-corrected chi connectivity index (χ3v) is 4.45. The summed E-state index contributed by atoms with van der Waals surface area (Å²) in [5, 5.41) is 3.28. The number of piperazine rings is 1. The molecule has 2 saturated heterocycles. The van der Waals surface area contributed by atoms with E-state index in [2.05, 4.69) is 31.1 Å². The summed E-state index contributed by atoms with van der Waals surface area (Å²) in [4.78, 5) is 20.9. The first-order chi connectivity index (χ1) is 9.74. The van der Waals surface area contributed by atoms with Gasteiger partial charge >= 0.3 is 0 Å². The zero-order chi connectivity index (χ0) is 13.9. The van der Waals surface area contributed by atoms with Crippen molar-refractivity contribution in [3.05, 3.63) is 22.8 Å². The van der Waals surface area contributed by atoms with Crippen molar-refractivity contribution in [2.75, 3.05) is 37.6 Å². The molecule has 5 nitrogen and oxygen atoms in total. The van der Waals surface area contributed by atoms with Crippen LogP contribution in [0.4, 0.5) is 5.82 Å². The molecule has 2 aliphatic heterocycles. The van der Waals surface area contributed by atoms with Crippen molar-refractivity contribution < 1.29 is 4.79 Å². The summed E-state index contributed by atoms with van der Waals surface area (Å²) in [5.41, 5.74) is 0. The van der Waals surface area contributed by atoms with E-state index >= 15 is 0 Å². The van der Waals surface area contributed by atoms with Gasteiger partial charge < -0.3 is 15.1 Å². The highest BCUT2D eigenvalue weighted by Gasteiger charge is 2.29. The third kappa shape index (κ3) is 2.96. The minimum atomic E-state index is 0.0485. The molecule has 0 aliphatic carbocycles. The largest absolute Gasteiger partial charge is 0.353 e. The molecule has 6 heteroatoms. The Kier molecular flexibility index (Phi) is 4.21. The van der Waals surface area contributed by atoms with Crippen LogP contribution in [-0.2, 0) is 4.79 Å². The van der Waals surface area contributed by atoms with Crippen LogP contribution < -0.4 is 10.2 Å². The van der Waals surface area contributed by atoms with E-state index in [1.165, 1.54) is 0 Å². The maximum atomic E-state index is 12.3. The van der Waals surface area contributed by atoms with Crippen LogP contribution in [0.15, 0.2) is 22.8 Å². The maximum absolute atomic E-state index is 12.3. The molecule has 1 atom stereocenters. The maximum Gasteiger partial charge on any atom is 0.239 e. The highest BCUT2D eigenvalue weighted by atomic mass is 79.9. The average Bonchev–Trinajstić information content (AvgIpc) is 3.02. The van der Waals surface area contributed by atoms with E-state index in [0.29, 0.717) is 0 Å². The van der Waals surface area contributed by atoms with Gasteiger partial charge in [-0.3, -0.25) is 4.79 Å². The van der Waals surface area contributed by atoms with Crippen molar-refractivity contribution in [3.63, 3.8) is 0 Å². The average molecular weight is 339 g/mol. The van der Waals surface area contributed by atoms with Crippen molar-refractivity contribution >= 4 is 27.7 Å². The summed E-state index contributed by atoms with van der Waals surface area (Å²) >= 11 is 3.39. The van der Waals surface area contributed by atoms with E-state index in [0.717, 1.165) is 55.9 Å². The van der Waals surface area contributed by atoms with Crippen molar-refractivity contribution in [1.82, 2.24) is 15.2 Å². The number of aromatic nitrogens is 1. The number of nitrogens with one attached hydrogen (secondary N) is 1. The number of carbonyl (C=O) groups excluding carboxylic acids is 1. The molecule has 0 spiro atoms. The topological polar surface area (TPSA) is 48.5 Å². The van der Waals surface area contributed by atoms with Gasteiger partial charge in [-0.1, -0.05) is 0 Å². The Balaban J connectivity index is 1.56. The summed E-state index contributed by atoms with van der Waals surface area (Å²) in [5.74, 6) is 1.25. The lowest BCUT2D eigenvalue weighted by molar-refractivity contribution is -0.133. The molecule has 1 N–H and O–H groups in total. The molecule has 108 valence electrons. The Morgan fingerprint density at radius 3 is 2.70 bits per heavy atom. The lowest BCUT2D eigenvalue weighted by atomic mass is 10.2. The molecule has 0 aromatic carbocycles. The molecule has 0 bridgehead atoms. The van der Waals surface area contributed by atoms with Crippen LogP contribution in [0.1, 0.15) is 12.8 Å². The zero-order valence-electron chi connectivity index (χ0n) is 11.4. The van der Waals surface area contributed by atoms with E-state index < -0.39 is 0 Å². The van der Waals surface area contributed by atoms with Crippen LogP contribution in [0, 0.1) is 0 Å². The monoisotopic (exact) mass is 338 g/mol. The number of anilines is 1. The number of pyridine rings is 1. The van der Waals surface area contributed by atoms with Crippen molar-refractivity contribution in [1.29, 1.82) is 0 Å². The van der Waals surface area contributed by atoms with Gasteiger partial charge in [0.25, 0.3) is 0 Å². The fourth-order valence-corrected chi connectivity index (χ4v) is 3.06. The van der Waals surface area contributed by atoms with Gasteiger partial charge in [0.15, 0.2) is 0 Å². The smallest absolute Gasteiger partial charge is 0.239 e. The van der Waals surface area contributed by atoms with Gasteiger partial charge in [0.05, 0.1) is 6.04 Å². The highest BCUT2D eigenvalue weighted by Crippen LogP contribution is 2.17. The number of halogens is 1. The van der Waals surface area contributed by atoms with Crippen LogP contribution in [0.3, 0.4) is 0 Å². The number of nitrogens with zero attached hydrogens (tertiary/aromatic N) is 3. The third-order valence-electron chi connectivity index (χ3n) is 3.99. The number of hydrogen-bond donors (Lipinski definition) is 1. The first-order valence-electron chi connectivity index (χ1n) is 7.13. The van der Waals surface area contributed by atoms with E-state index in [4.69, 9.17) is 0 Å². The van der Waals surface area contributed by atoms with Gasteiger partial charge in [0.1, 0.15) is 5.82 Å². The van der Waals surface area contributed by atoms with E-state index in [-0.39, 0.29) is 11.9 Å². The molecule has 0 saturated carbocycles. The Morgan fingerprint density at radius 1 is 1.30 bits per heavy atom. The van der Waals surface area contributed by atoms with E-state index in [1.54, 1.807) is 0 Å². The van der Waals surface area contributed by atoms with Gasteiger partial charge in [-0.15, -0.1) is 0 Å². The molecule has 20 heavy (non-hydrogen) atoms. The summed E-state index contributed by atoms with van der Waals surface area (Å²) in [6.45, 7) is 4.25. The molecule has 1 aromatic rings. The van der Waals surface area contributed by atoms with Gasteiger partial charge in [0.2, 0.25) is 5.91 Å². The molecule has 0 radical (unpaired) electrons. The Morgan fingerprint density at radius 2 is 2.10 bits per heavy atom. The predicted molar refractivity (Wildman–Crippen MR) is 81.8 cm³/mol. The molecule has 3 heterocycles. The number of amides is 1. The van der Waals surface area contributed by atoms with Gasteiger partial charge in [-0.25, -0.2) is 4.98 Å². The summed E-state index contributed by atoms with van der Waals surface area (Å²) in [6.07, 6.45) is 3.90. The second-order valence-corrected chi connectivity index (χ2v) is 6.21. The molecule has 2 aliphatic rings. The van der Waals surface area contributed by atoms with Crippen LogP contribution in [-0.4, -0.2) is 54.6 Å². The van der Waals surface area contributed by atoms with Crippen LogP contribution >= 0.6 is 15.9 Å². The van der Waals surface area contributed by atoms with Crippen LogP contribution in [0.25, 0.3) is 0 Å². The van der Waals surface area contributed by atoms with Crippen LogP contribution in [0.2, 0.25) is 0 Å². The molecule has 1 aromatic heterocycles.